The van der Waals surface area contributed by atoms with Crippen LogP contribution >= 0.6 is 11.6 Å². The first-order chi connectivity index (χ1) is 9.16. The Morgan fingerprint density at radius 1 is 1.40 bits per heavy atom. The Bertz CT molecular complexity index is 550. The summed E-state index contributed by atoms with van der Waals surface area (Å²) in [6.45, 7) is 3.34. The first kappa shape index (κ1) is 16.3. The van der Waals surface area contributed by atoms with Crippen LogP contribution in [0.4, 0.5) is 18.9 Å². The van der Waals surface area contributed by atoms with Gasteiger partial charge in [-0.1, -0.05) is 25.4 Å². The van der Waals surface area contributed by atoms with Gasteiger partial charge in [-0.25, -0.2) is 0 Å². The number of carbonyl (C=O) groups is 1. The molecule has 7 heteroatoms. The fraction of sp³-hybridized carbons (Fsp3) is 0.385. The highest BCUT2D eigenvalue weighted by molar-refractivity contribution is 6.33. The summed E-state index contributed by atoms with van der Waals surface area (Å²) in [5.41, 5.74) is -1.08. The summed E-state index contributed by atoms with van der Waals surface area (Å²) in [5, 5.41) is 11.1. The Hall–Kier alpha value is -1.74. The van der Waals surface area contributed by atoms with E-state index in [-0.39, 0.29) is 16.6 Å². The second-order valence-electron chi connectivity index (χ2n) is 4.53. The zero-order valence-electron chi connectivity index (χ0n) is 10.8. The number of nitrogens with zero attached hydrogens (tertiary/aromatic N) is 1. The molecule has 108 valence electrons. The van der Waals surface area contributed by atoms with Crippen LogP contribution in [0.1, 0.15) is 19.4 Å². The molecule has 1 amide bonds. The van der Waals surface area contributed by atoms with Crippen LogP contribution in [0.5, 0.6) is 0 Å². The van der Waals surface area contributed by atoms with Crippen LogP contribution in [0.3, 0.4) is 0 Å². The quantitative estimate of drug-likeness (QED) is 0.914. The molecule has 1 unspecified atom stereocenters. The molecule has 0 saturated carbocycles. The molecule has 1 aromatic carbocycles. The van der Waals surface area contributed by atoms with Gasteiger partial charge in [0.2, 0.25) is 5.91 Å². The van der Waals surface area contributed by atoms with E-state index >= 15 is 0 Å². The average Bonchev–Trinajstić information content (AvgIpc) is 2.30. The van der Waals surface area contributed by atoms with Crippen LogP contribution in [0.15, 0.2) is 18.2 Å². The summed E-state index contributed by atoms with van der Waals surface area (Å²) >= 11 is 5.75. The van der Waals surface area contributed by atoms with Gasteiger partial charge in [-0.3, -0.25) is 4.79 Å². The zero-order chi connectivity index (χ0) is 15.5. The van der Waals surface area contributed by atoms with Gasteiger partial charge in [-0.05, 0) is 24.1 Å². The van der Waals surface area contributed by atoms with E-state index in [4.69, 9.17) is 16.9 Å². The summed E-state index contributed by atoms with van der Waals surface area (Å²) < 4.78 is 37.7. The van der Waals surface area contributed by atoms with Crippen LogP contribution < -0.4 is 5.32 Å². The number of carbonyl (C=O) groups excluding carboxylic acids is 1. The van der Waals surface area contributed by atoms with Crippen molar-refractivity contribution >= 4 is 23.2 Å². The number of alkyl halides is 3. The number of amides is 1. The van der Waals surface area contributed by atoms with E-state index in [2.05, 4.69) is 5.32 Å². The maximum absolute atomic E-state index is 12.6. The largest absolute Gasteiger partial charge is 0.416 e. The molecule has 1 aromatic rings. The van der Waals surface area contributed by atoms with Crippen LogP contribution in [-0.4, -0.2) is 5.91 Å². The van der Waals surface area contributed by atoms with Gasteiger partial charge in [-0.2, -0.15) is 18.4 Å². The molecular formula is C13H12ClF3N2O. The smallest absolute Gasteiger partial charge is 0.324 e. The van der Waals surface area contributed by atoms with Crippen molar-refractivity contribution in [2.45, 2.75) is 20.0 Å². The third-order valence-electron chi connectivity index (χ3n) is 2.64. The average molecular weight is 305 g/mol. The topological polar surface area (TPSA) is 52.9 Å². The zero-order valence-corrected chi connectivity index (χ0v) is 11.5. The summed E-state index contributed by atoms with van der Waals surface area (Å²) in [6, 6.07) is 4.43. The Kier molecular flexibility index (Phi) is 5.01. The highest BCUT2D eigenvalue weighted by atomic mass is 35.5. The summed E-state index contributed by atoms with van der Waals surface area (Å²) in [6.07, 6.45) is -4.53. The maximum atomic E-state index is 12.6. The number of benzene rings is 1. The van der Waals surface area contributed by atoms with Crippen molar-refractivity contribution in [2.24, 2.45) is 11.8 Å². The number of nitriles is 1. The third kappa shape index (κ3) is 3.87. The monoisotopic (exact) mass is 304 g/mol. The lowest BCUT2D eigenvalue weighted by Gasteiger charge is -2.15. The number of anilines is 1. The normalized spacial score (nSPS) is 12.9. The predicted octanol–water partition coefficient (Wildman–Crippen LogP) is 4.09. The van der Waals surface area contributed by atoms with Crippen LogP contribution in [0, 0.1) is 23.2 Å². The van der Waals surface area contributed by atoms with Crippen LogP contribution in [0.2, 0.25) is 5.02 Å². The Labute approximate surface area is 119 Å². The van der Waals surface area contributed by atoms with E-state index < -0.39 is 23.6 Å². The molecule has 0 saturated heterocycles. The minimum Gasteiger partial charge on any atom is -0.324 e. The summed E-state index contributed by atoms with van der Waals surface area (Å²) in [4.78, 5) is 11.8. The van der Waals surface area contributed by atoms with Gasteiger partial charge in [0, 0.05) is 0 Å². The van der Waals surface area contributed by atoms with Gasteiger partial charge in [-0.15, -0.1) is 0 Å². The van der Waals surface area contributed by atoms with Crippen LogP contribution in [-0.2, 0) is 11.0 Å². The maximum Gasteiger partial charge on any atom is 0.416 e. The third-order valence-corrected chi connectivity index (χ3v) is 2.97. The van der Waals surface area contributed by atoms with E-state index in [1.807, 2.05) is 6.07 Å². The van der Waals surface area contributed by atoms with Gasteiger partial charge in [0.15, 0.2) is 0 Å². The van der Waals surface area contributed by atoms with E-state index in [0.29, 0.717) is 0 Å². The molecule has 0 aliphatic rings. The molecule has 0 heterocycles. The molecule has 3 nitrogen and oxygen atoms in total. The number of rotatable bonds is 3. The lowest BCUT2D eigenvalue weighted by atomic mass is 9.96. The minimum atomic E-state index is -4.53. The first-order valence-electron chi connectivity index (χ1n) is 5.74. The van der Waals surface area contributed by atoms with Crippen LogP contribution in [0.25, 0.3) is 0 Å². The Balaban J connectivity index is 3.04. The SMILES string of the molecule is CC(C)C(C#N)C(=O)Nc1cc(C(F)(F)F)ccc1Cl. The Morgan fingerprint density at radius 3 is 2.45 bits per heavy atom. The molecule has 0 spiro atoms. The van der Waals surface area contributed by atoms with E-state index in [1.54, 1.807) is 13.8 Å². The molecule has 1 atom stereocenters. The molecule has 0 radical (unpaired) electrons. The van der Waals surface area contributed by atoms with Gasteiger partial charge in [0.25, 0.3) is 0 Å². The van der Waals surface area contributed by atoms with Crippen molar-refractivity contribution < 1.29 is 18.0 Å². The lowest BCUT2D eigenvalue weighted by molar-refractivity contribution is -0.137. The summed E-state index contributed by atoms with van der Waals surface area (Å²) in [7, 11) is 0. The number of hydrogen-bond donors (Lipinski definition) is 1. The molecule has 0 bridgehead atoms. The molecule has 1 N–H and O–H groups in total. The summed E-state index contributed by atoms with van der Waals surface area (Å²) in [5.74, 6) is -1.89. The number of halogens is 4. The molecule has 0 aliphatic heterocycles. The van der Waals surface area contributed by atoms with Gasteiger partial charge in [0.1, 0.15) is 5.92 Å². The van der Waals surface area contributed by atoms with Crippen molar-refractivity contribution in [1.82, 2.24) is 0 Å². The van der Waals surface area contributed by atoms with E-state index in [1.165, 1.54) is 0 Å². The van der Waals surface area contributed by atoms with E-state index in [9.17, 15) is 18.0 Å². The van der Waals surface area contributed by atoms with Crippen molar-refractivity contribution in [2.75, 3.05) is 5.32 Å². The molecular weight excluding hydrogens is 293 g/mol. The molecule has 1 rings (SSSR count). The second-order valence-corrected chi connectivity index (χ2v) is 4.94. The number of hydrogen-bond acceptors (Lipinski definition) is 2. The highest BCUT2D eigenvalue weighted by Crippen LogP contribution is 2.34. The van der Waals surface area contributed by atoms with Crippen molar-refractivity contribution in [3.63, 3.8) is 0 Å². The molecule has 20 heavy (non-hydrogen) atoms. The van der Waals surface area contributed by atoms with Gasteiger partial charge in [0.05, 0.1) is 22.3 Å². The van der Waals surface area contributed by atoms with Crippen molar-refractivity contribution in [3.05, 3.63) is 28.8 Å². The molecule has 0 aliphatic carbocycles. The Morgan fingerprint density at radius 2 is 2.00 bits per heavy atom. The minimum absolute atomic E-state index is 0.0215. The van der Waals surface area contributed by atoms with Crippen molar-refractivity contribution in [1.29, 1.82) is 5.26 Å². The number of nitrogens with one attached hydrogen (secondary N) is 1. The van der Waals surface area contributed by atoms with Crippen molar-refractivity contribution in [3.8, 4) is 6.07 Å². The van der Waals surface area contributed by atoms with E-state index in [0.717, 1.165) is 18.2 Å². The molecule has 0 fully saturated rings. The highest BCUT2D eigenvalue weighted by Gasteiger charge is 2.31. The molecule has 0 aromatic heterocycles. The van der Waals surface area contributed by atoms with Gasteiger partial charge < -0.3 is 5.32 Å². The fourth-order valence-corrected chi connectivity index (χ4v) is 1.68. The fourth-order valence-electron chi connectivity index (χ4n) is 1.52. The predicted molar refractivity (Wildman–Crippen MR) is 69.0 cm³/mol. The first-order valence-corrected chi connectivity index (χ1v) is 6.12. The second kappa shape index (κ2) is 6.14. The van der Waals surface area contributed by atoms with Gasteiger partial charge >= 0.3 is 6.18 Å². The lowest BCUT2D eigenvalue weighted by Crippen LogP contribution is -2.26. The standard InChI is InChI=1S/C13H12ClF3N2O/c1-7(2)9(6-18)12(20)19-11-5-8(13(15,16)17)3-4-10(11)14/h3-5,7,9H,1-2H3,(H,19,20).